The molecule has 4 nitrogen and oxygen atoms in total. The smallest absolute Gasteiger partial charge is 0.125 e. The SMILES string of the molecule is Nc1ccc(-c2c(N)cccc2O)c(N)c1. The molecule has 0 saturated carbocycles. The lowest BCUT2D eigenvalue weighted by Crippen LogP contribution is -1.96. The van der Waals surface area contributed by atoms with E-state index in [0.29, 0.717) is 28.2 Å². The Bertz CT molecular complexity index is 518. The maximum atomic E-state index is 9.77. The lowest BCUT2D eigenvalue weighted by Gasteiger charge is -2.11. The fourth-order valence-corrected chi connectivity index (χ4v) is 1.66. The van der Waals surface area contributed by atoms with Crippen molar-refractivity contribution in [2.45, 2.75) is 0 Å². The molecule has 0 radical (unpaired) electrons. The van der Waals surface area contributed by atoms with Crippen LogP contribution in [0, 0.1) is 0 Å². The minimum absolute atomic E-state index is 0.108. The standard InChI is InChI=1S/C12H13N3O/c13-7-4-5-8(10(15)6-7)12-9(14)2-1-3-11(12)16/h1-6,16H,13-15H2. The van der Waals surface area contributed by atoms with E-state index in [4.69, 9.17) is 17.2 Å². The number of rotatable bonds is 1. The molecule has 0 saturated heterocycles. The Balaban J connectivity index is 2.68. The van der Waals surface area contributed by atoms with Crippen LogP contribution in [0.2, 0.25) is 0 Å². The second kappa shape index (κ2) is 3.66. The van der Waals surface area contributed by atoms with Crippen LogP contribution in [0.3, 0.4) is 0 Å². The molecule has 0 aromatic heterocycles. The highest BCUT2D eigenvalue weighted by Crippen LogP contribution is 2.38. The molecule has 0 aliphatic rings. The van der Waals surface area contributed by atoms with E-state index in [0.717, 1.165) is 0 Å². The Morgan fingerprint density at radius 3 is 2.25 bits per heavy atom. The molecule has 0 aliphatic carbocycles. The Morgan fingerprint density at radius 1 is 0.875 bits per heavy atom. The predicted octanol–water partition coefficient (Wildman–Crippen LogP) is 1.81. The van der Waals surface area contributed by atoms with E-state index in [9.17, 15) is 5.11 Å². The summed E-state index contributed by atoms with van der Waals surface area (Å²) in [5.41, 5.74) is 20.0. The van der Waals surface area contributed by atoms with E-state index in [2.05, 4.69) is 0 Å². The van der Waals surface area contributed by atoms with Crippen molar-refractivity contribution in [2.24, 2.45) is 0 Å². The van der Waals surface area contributed by atoms with E-state index in [1.54, 1.807) is 36.4 Å². The zero-order valence-electron chi connectivity index (χ0n) is 8.64. The normalized spacial score (nSPS) is 10.2. The van der Waals surface area contributed by atoms with Crippen LogP contribution in [-0.4, -0.2) is 5.11 Å². The van der Waals surface area contributed by atoms with Gasteiger partial charge in [-0.15, -0.1) is 0 Å². The fraction of sp³-hybridized carbons (Fsp3) is 0. The van der Waals surface area contributed by atoms with Crippen LogP contribution in [0.15, 0.2) is 36.4 Å². The quantitative estimate of drug-likeness (QED) is 0.545. The Morgan fingerprint density at radius 2 is 1.62 bits per heavy atom. The van der Waals surface area contributed by atoms with Gasteiger partial charge in [0.15, 0.2) is 0 Å². The highest BCUT2D eigenvalue weighted by molar-refractivity contribution is 5.89. The van der Waals surface area contributed by atoms with Crippen LogP contribution in [-0.2, 0) is 0 Å². The molecule has 0 fully saturated rings. The number of aromatic hydroxyl groups is 1. The van der Waals surface area contributed by atoms with Gasteiger partial charge in [0.05, 0.1) is 0 Å². The van der Waals surface area contributed by atoms with E-state index in [1.807, 2.05) is 0 Å². The van der Waals surface area contributed by atoms with E-state index >= 15 is 0 Å². The predicted molar refractivity (Wildman–Crippen MR) is 66.8 cm³/mol. The van der Waals surface area contributed by atoms with Gasteiger partial charge in [-0.3, -0.25) is 0 Å². The van der Waals surface area contributed by atoms with Gasteiger partial charge in [-0.05, 0) is 24.3 Å². The van der Waals surface area contributed by atoms with Crippen molar-refractivity contribution in [3.05, 3.63) is 36.4 Å². The molecule has 0 aliphatic heterocycles. The third-order valence-electron chi connectivity index (χ3n) is 2.42. The van der Waals surface area contributed by atoms with Crippen LogP contribution in [0.4, 0.5) is 17.1 Å². The maximum absolute atomic E-state index is 9.77. The van der Waals surface area contributed by atoms with Gasteiger partial charge in [-0.1, -0.05) is 12.1 Å². The van der Waals surface area contributed by atoms with Gasteiger partial charge in [0.1, 0.15) is 5.75 Å². The Hall–Kier alpha value is -2.36. The number of benzene rings is 2. The summed E-state index contributed by atoms with van der Waals surface area (Å²) in [5.74, 6) is 0.108. The van der Waals surface area contributed by atoms with Crippen molar-refractivity contribution in [3.8, 4) is 16.9 Å². The third-order valence-corrected chi connectivity index (χ3v) is 2.42. The topological polar surface area (TPSA) is 98.3 Å². The molecule has 0 spiro atoms. The average molecular weight is 215 g/mol. The van der Waals surface area contributed by atoms with Gasteiger partial charge < -0.3 is 22.3 Å². The molecule has 0 unspecified atom stereocenters. The summed E-state index contributed by atoms with van der Waals surface area (Å²) in [6.45, 7) is 0. The molecule has 2 aromatic rings. The van der Waals surface area contributed by atoms with Crippen LogP contribution in [0.25, 0.3) is 11.1 Å². The lowest BCUT2D eigenvalue weighted by molar-refractivity contribution is 0.477. The first-order valence-corrected chi connectivity index (χ1v) is 4.82. The minimum atomic E-state index is 0.108. The van der Waals surface area contributed by atoms with Gasteiger partial charge >= 0.3 is 0 Å². The third kappa shape index (κ3) is 1.61. The first-order chi connectivity index (χ1) is 7.59. The number of anilines is 3. The van der Waals surface area contributed by atoms with Crippen molar-refractivity contribution >= 4 is 17.1 Å². The van der Waals surface area contributed by atoms with Crippen LogP contribution >= 0.6 is 0 Å². The van der Waals surface area contributed by atoms with Crippen molar-refractivity contribution in [1.29, 1.82) is 0 Å². The highest BCUT2D eigenvalue weighted by Gasteiger charge is 2.10. The van der Waals surface area contributed by atoms with Gasteiger partial charge in [-0.2, -0.15) is 0 Å². The van der Waals surface area contributed by atoms with Gasteiger partial charge in [-0.25, -0.2) is 0 Å². The summed E-state index contributed by atoms with van der Waals surface area (Å²) in [6.07, 6.45) is 0. The van der Waals surface area contributed by atoms with Crippen molar-refractivity contribution in [1.82, 2.24) is 0 Å². The zero-order chi connectivity index (χ0) is 11.7. The van der Waals surface area contributed by atoms with Crippen molar-refractivity contribution in [3.63, 3.8) is 0 Å². The van der Waals surface area contributed by atoms with Crippen molar-refractivity contribution < 1.29 is 5.11 Å². The maximum Gasteiger partial charge on any atom is 0.125 e. The molecule has 0 heterocycles. The lowest BCUT2D eigenvalue weighted by atomic mass is 10.0. The molecular formula is C12H13N3O. The molecule has 0 amide bonds. The Kier molecular flexibility index (Phi) is 2.32. The summed E-state index contributed by atoms with van der Waals surface area (Å²) in [5, 5.41) is 9.77. The molecule has 2 rings (SSSR count). The number of phenols is 1. The highest BCUT2D eigenvalue weighted by atomic mass is 16.3. The molecule has 4 heteroatoms. The summed E-state index contributed by atoms with van der Waals surface area (Å²) < 4.78 is 0. The van der Waals surface area contributed by atoms with Gasteiger partial charge in [0, 0.05) is 28.2 Å². The monoisotopic (exact) mass is 215 g/mol. The average Bonchev–Trinajstić information content (AvgIpc) is 2.20. The number of phenolic OH excluding ortho intramolecular Hbond substituents is 1. The number of hydrogen-bond acceptors (Lipinski definition) is 4. The summed E-state index contributed by atoms with van der Waals surface area (Å²) in [7, 11) is 0. The number of hydrogen-bond donors (Lipinski definition) is 4. The summed E-state index contributed by atoms with van der Waals surface area (Å²) in [6, 6.07) is 10.1. The molecule has 16 heavy (non-hydrogen) atoms. The van der Waals surface area contributed by atoms with E-state index in [-0.39, 0.29) is 5.75 Å². The molecule has 0 atom stereocenters. The summed E-state index contributed by atoms with van der Waals surface area (Å²) in [4.78, 5) is 0. The first-order valence-electron chi connectivity index (χ1n) is 4.82. The van der Waals surface area contributed by atoms with Crippen LogP contribution < -0.4 is 17.2 Å². The zero-order valence-corrected chi connectivity index (χ0v) is 8.64. The summed E-state index contributed by atoms with van der Waals surface area (Å²) >= 11 is 0. The number of nitrogens with two attached hydrogens (primary N) is 3. The fourth-order valence-electron chi connectivity index (χ4n) is 1.66. The molecule has 2 aromatic carbocycles. The van der Waals surface area contributed by atoms with Crippen LogP contribution in [0.1, 0.15) is 0 Å². The second-order valence-electron chi connectivity index (χ2n) is 3.59. The van der Waals surface area contributed by atoms with E-state index in [1.165, 1.54) is 0 Å². The first kappa shape index (κ1) is 10.2. The second-order valence-corrected chi connectivity index (χ2v) is 3.59. The van der Waals surface area contributed by atoms with Crippen molar-refractivity contribution in [2.75, 3.05) is 17.2 Å². The molecular weight excluding hydrogens is 202 g/mol. The van der Waals surface area contributed by atoms with Gasteiger partial charge in [0.25, 0.3) is 0 Å². The molecule has 0 bridgehead atoms. The van der Waals surface area contributed by atoms with Crippen LogP contribution in [0.5, 0.6) is 5.75 Å². The Labute approximate surface area is 93.3 Å². The van der Waals surface area contributed by atoms with E-state index < -0.39 is 0 Å². The largest absolute Gasteiger partial charge is 0.507 e. The molecule has 7 N–H and O–H groups in total. The van der Waals surface area contributed by atoms with Gasteiger partial charge in [0.2, 0.25) is 0 Å². The number of nitrogen functional groups attached to an aromatic ring is 3. The molecule has 82 valence electrons. The minimum Gasteiger partial charge on any atom is -0.507 e.